The van der Waals surface area contributed by atoms with Gasteiger partial charge in [-0.25, -0.2) is 9.37 Å². The van der Waals surface area contributed by atoms with Gasteiger partial charge in [0.2, 0.25) is 0 Å². The van der Waals surface area contributed by atoms with Crippen LogP contribution in [0.4, 0.5) is 4.39 Å². The highest BCUT2D eigenvalue weighted by atomic mass is 32.1. The summed E-state index contributed by atoms with van der Waals surface area (Å²) < 4.78 is 18.7. The molecule has 0 fully saturated rings. The van der Waals surface area contributed by atoms with Gasteiger partial charge >= 0.3 is 0 Å². The first-order valence-corrected chi connectivity index (χ1v) is 6.42. The highest BCUT2D eigenvalue weighted by molar-refractivity contribution is 7.15. The minimum absolute atomic E-state index is 0.271. The summed E-state index contributed by atoms with van der Waals surface area (Å²) in [6, 6.07) is 4.53. The molecular weight excluding hydrogens is 251 g/mol. The van der Waals surface area contributed by atoms with Crippen molar-refractivity contribution in [3.63, 3.8) is 0 Å². The van der Waals surface area contributed by atoms with Crippen LogP contribution in [0, 0.1) is 12.7 Å². The molecule has 0 aliphatic heterocycles. The molecule has 0 radical (unpaired) electrons. The van der Waals surface area contributed by atoms with Gasteiger partial charge in [0.25, 0.3) is 0 Å². The third-order valence-electron chi connectivity index (χ3n) is 2.55. The molecule has 0 saturated carbocycles. The predicted molar refractivity (Wildman–Crippen MR) is 71.6 cm³/mol. The molecule has 2 rings (SSSR count). The number of thiazole rings is 1. The Labute approximate surface area is 110 Å². The minimum atomic E-state index is -0.271. The summed E-state index contributed by atoms with van der Waals surface area (Å²) in [6.07, 6.45) is 0. The van der Waals surface area contributed by atoms with Crippen molar-refractivity contribution in [1.82, 2.24) is 10.3 Å². The normalized spacial score (nSPS) is 10.7. The fourth-order valence-electron chi connectivity index (χ4n) is 1.83. The number of nitrogens with one attached hydrogen (secondary N) is 1. The van der Waals surface area contributed by atoms with Crippen molar-refractivity contribution in [2.24, 2.45) is 0 Å². The van der Waals surface area contributed by atoms with Crippen molar-refractivity contribution < 1.29 is 9.13 Å². The standard InChI is InChI=1S/C13H15FN2OS/c1-8-16-11(7-15-2)13(18-8)10-6-9(14)4-5-12(10)17-3/h4-6,15H,7H2,1-3H3. The van der Waals surface area contributed by atoms with Gasteiger partial charge in [-0.2, -0.15) is 0 Å². The molecule has 0 bridgehead atoms. The molecule has 1 N–H and O–H groups in total. The Bertz CT molecular complexity index is 554. The topological polar surface area (TPSA) is 34.2 Å². The van der Waals surface area contributed by atoms with Gasteiger partial charge in [0, 0.05) is 12.1 Å². The van der Waals surface area contributed by atoms with Crippen molar-refractivity contribution in [2.45, 2.75) is 13.5 Å². The third-order valence-corrected chi connectivity index (χ3v) is 3.60. The van der Waals surface area contributed by atoms with Crippen LogP contribution in [0.3, 0.4) is 0 Å². The number of aryl methyl sites for hydroxylation is 1. The fraction of sp³-hybridized carbons (Fsp3) is 0.308. The zero-order valence-electron chi connectivity index (χ0n) is 10.6. The van der Waals surface area contributed by atoms with Crippen LogP contribution in [0.1, 0.15) is 10.7 Å². The predicted octanol–water partition coefficient (Wildman–Crippen LogP) is 2.99. The molecular formula is C13H15FN2OS. The van der Waals surface area contributed by atoms with E-state index in [9.17, 15) is 4.39 Å². The molecule has 1 aromatic carbocycles. The smallest absolute Gasteiger partial charge is 0.127 e. The van der Waals surface area contributed by atoms with Crippen LogP contribution in [-0.4, -0.2) is 19.1 Å². The molecule has 1 heterocycles. The summed E-state index contributed by atoms with van der Waals surface area (Å²) in [4.78, 5) is 5.42. The molecule has 0 spiro atoms. The van der Waals surface area contributed by atoms with Crippen molar-refractivity contribution in [3.8, 4) is 16.2 Å². The van der Waals surface area contributed by atoms with E-state index in [1.807, 2.05) is 14.0 Å². The van der Waals surface area contributed by atoms with E-state index in [2.05, 4.69) is 10.3 Å². The quantitative estimate of drug-likeness (QED) is 0.923. The summed E-state index contributed by atoms with van der Waals surface area (Å²) in [7, 11) is 3.45. The van der Waals surface area contributed by atoms with Crippen LogP contribution >= 0.6 is 11.3 Å². The van der Waals surface area contributed by atoms with E-state index in [1.54, 1.807) is 24.5 Å². The molecule has 2 aromatic rings. The van der Waals surface area contributed by atoms with Gasteiger partial charge in [-0.3, -0.25) is 0 Å². The molecule has 0 amide bonds. The number of hydrogen-bond donors (Lipinski definition) is 1. The van der Waals surface area contributed by atoms with Crippen molar-refractivity contribution in [3.05, 3.63) is 34.7 Å². The fourth-order valence-corrected chi connectivity index (χ4v) is 2.78. The van der Waals surface area contributed by atoms with Crippen LogP contribution in [0.2, 0.25) is 0 Å². The van der Waals surface area contributed by atoms with Crippen molar-refractivity contribution >= 4 is 11.3 Å². The first-order valence-electron chi connectivity index (χ1n) is 5.60. The van der Waals surface area contributed by atoms with Gasteiger partial charge < -0.3 is 10.1 Å². The molecule has 0 atom stereocenters. The molecule has 18 heavy (non-hydrogen) atoms. The zero-order valence-corrected chi connectivity index (χ0v) is 11.4. The maximum atomic E-state index is 13.4. The van der Waals surface area contributed by atoms with Crippen LogP contribution in [0.25, 0.3) is 10.4 Å². The Morgan fingerprint density at radius 3 is 2.89 bits per heavy atom. The highest BCUT2D eigenvalue weighted by Gasteiger charge is 2.15. The summed E-state index contributed by atoms with van der Waals surface area (Å²) in [5, 5.41) is 4.03. The summed E-state index contributed by atoms with van der Waals surface area (Å²) >= 11 is 1.55. The SMILES string of the molecule is CNCc1nc(C)sc1-c1cc(F)ccc1OC. The third kappa shape index (κ3) is 2.52. The van der Waals surface area contributed by atoms with Crippen LogP contribution in [0.5, 0.6) is 5.75 Å². The van der Waals surface area contributed by atoms with Crippen molar-refractivity contribution in [2.75, 3.05) is 14.2 Å². The van der Waals surface area contributed by atoms with Gasteiger partial charge in [0.1, 0.15) is 11.6 Å². The first kappa shape index (κ1) is 13.0. The second-order valence-electron chi connectivity index (χ2n) is 3.88. The van der Waals surface area contributed by atoms with E-state index in [0.29, 0.717) is 12.3 Å². The van der Waals surface area contributed by atoms with E-state index >= 15 is 0 Å². The van der Waals surface area contributed by atoms with E-state index in [0.717, 1.165) is 21.1 Å². The van der Waals surface area contributed by atoms with Gasteiger partial charge in [0.15, 0.2) is 0 Å². The maximum Gasteiger partial charge on any atom is 0.127 e. The van der Waals surface area contributed by atoms with Gasteiger partial charge in [-0.1, -0.05) is 0 Å². The number of aromatic nitrogens is 1. The first-order chi connectivity index (χ1) is 8.65. The molecule has 1 aromatic heterocycles. The number of methoxy groups -OCH3 is 1. The Morgan fingerprint density at radius 1 is 1.44 bits per heavy atom. The van der Waals surface area contributed by atoms with Gasteiger partial charge in [0.05, 0.1) is 22.7 Å². The lowest BCUT2D eigenvalue weighted by atomic mass is 10.1. The number of hydrogen-bond acceptors (Lipinski definition) is 4. The molecule has 0 saturated heterocycles. The van der Waals surface area contributed by atoms with Gasteiger partial charge in [-0.15, -0.1) is 11.3 Å². The zero-order chi connectivity index (χ0) is 13.1. The highest BCUT2D eigenvalue weighted by Crippen LogP contribution is 2.36. The minimum Gasteiger partial charge on any atom is -0.496 e. The number of benzene rings is 1. The molecule has 0 aliphatic rings. The van der Waals surface area contributed by atoms with Crippen molar-refractivity contribution in [1.29, 1.82) is 0 Å². The van der Waals surface area contributed by atoms with Crippen LogP contribution in [0.15, 0.2) is 18.2 Å². The lowest BCUT2D eigenvalue weighted by Crippen LogP contribution is -2.06. The molecule has 3 nitrogen and oxygen atoms in total. The second-order valence-corrected chi connectivity index (χ2v) is 5.09. The lowest BCUT2D eigenvalue weighted by molar-refractivity contribution is 0.415. The Balaban J connectivity index is 2.56. The Hall–Kier alpha value is -1.46. The summed E-state index contributed by atoms with van der Waals surface area (Å²) in [5.74, 6) is 0.393. The monoisotopic (exact) mass is 266 g/mol. The number of halogens is 1. The van der Waals surface area contributed by atoms with E-state index in [-0.39, 0.29) is 5.82 Å². The van der Waals surface area contributed by atoms with Crippen LogP contribution in [-0.2, 0) is 6.54 Å². The number of nitrogens with zero attached hydrogens (tertiary/aromatic N) is 1. The number of rotatable bonds is 4. The lowest BCUT2D eigenvalue weighted by Gasteiger charge is -2.08. The largest absolute Gasteiger partial charge is 0.496 e. The van der Waals surface area contributed by atoms with E-state index < -0.39 is 0 Å². The molecule has 96 valence electrons. The summed E-state index contributed by atoms with van der Waals surface area (Å²) in [5.41, 5.74) is 1.68. The average molecular weight is 266 g/mol. The summed E-state index contributed by atoms with van der Waals surface area (Å²) in [6.45, 7) is 2.60. The molecule has 5 heteroatoms. The Morgan fingerprint density at radius 2 is 2.22 bits per heavy atom. The molecule has 0 unspecified atom stereocenters. The van der Waals surface area contributed by atoms with Crippen LogP contribution < -0.4 is 10.1 Å². The van der Waals surface area contributed by atoms with E-state index in [4.69, 9.17) is 4.74 Å². The Kier molecular flexibility index (Phi) is 3.93. The maximum absolute atomic E-state index is 13.4. The number of ether oxygens (including phenoxy) is 1. The van der Waals surface area contributed by atoms with E-state index in [1.165, 1.54) is 12.1 Å². The second kappa shape index (κ2) is 5.46. The van der Waals surface area contributed by atoms with Gasteiger partial charge in [-0.05, 0) is 32.2 Å². The average Bonchev–Trinajstić information content (AvgIpc) is 2.71. The molecule has 0 aliphatic carbocycles.